The predicted molar refractivity (Wildman–Crippen MR) is 91.9 cm³/mol. The Bertz CT molecular complexity index is 861. The molecule has 3 rings (SSSR count). The van der Waals surface area contributed by atoms with Crippen LogP contribution in [0.1, 0.15) is 44.9 Å². The number of imide groups is 1. The van der Waals surface area contributed by atoms with E-state index in [9.17, 15) is 32.7 Å². The number of benzene rings is 1. The number of halogens is 3. The van der Waals surface area contributed by atoms with Gasteiger partial charge in [0.25, 0.3) is 0 Å². The Morgan fingerprint density at radius 3 is 2.29 bits per heavy atom. The Balaban J connectivity index is 2.14. The first kappa shape index (κ1) is 20.3. The number of alkyl halides is 3. The Hall–Kier alpha value is -2.42. The first-order valence-corrected chi connectivity index (χ1v) is 8.76. The van der Waals surface area contributed by atoms with Gasteiger partial charge in [0, 0.05) is 11.6 Å². The molecule has 0 aromatic heterocycles. The molecule has 4 atom stereocenters. The molecular weight excluding hydrogens is 377 g/mol. The number of carboxylic acid groups (broad SMARTS) is 1. The number of nitrogens with zero attached hydrogens (tertiary/aromatic N) is 1. The summed E-state index contributed by atoms with van der Waals surface area (Å²) in [6, 6.07) is 3.36. The highest BCUT2D eigenvalue weighted by atomic mass is 19.4. The normalized spacial score (nSPS) is 30.7. The van der Waals surface area contributed by atoms with Crippen molar-refractivity contribution in [2.45, 2.75) is 51.0 Å². The summed E-state index contributed by atoms with van der Waals surface area (Å²) in [6.07, 6.45) is -4.59. The zero-order valence-corrected chi connectivity index (χ0v) is 15.8. The van der Waals surface area contributed by atoms with E-state index >= 15 is 0 Å². The Labute approximate surface area is 159 Å². The Kier molecular flexibility index (Phi) is 4.38. The quantitative estimate of drug-likeness (QED) is 0.748. The lowest BCUT2D eigenvalue weighted by atomic mass is 9.80. The van der Waals surface area contributed by atoms with Crippen molar-refractivity contribution < 1.29 is 32.7 Å². The number of amides is 2. The van der Waals surface area contributed by atoms with Crippen molar-refractivity contribution in [1.82, 2.24) is 10.2 Å². The lowest BCUT2D eigenvalue weighted by molar-refractivity contribution is -0.152. The molecule has 2 amide bonds. The van der Waals surface area contributed by atoms with Gasteiger partial charge >= 0.3 is 12.1 Å². The van der Waals surface area contributed by atoms with Crippen LogP contribution in [0.5, 0.6) is 0 Å². The fourth-order valence-corrected chi connectivity index (χ4v) is 4.19. The van der Waals surface area contributed by atoms with Crippen LogP contribution in [0.15, 0.2) is 24.3 Å². The highest BCUT2D eigenvalue weighted by Crippen LogP contribution is 2.50. The van der Waals surface area contributed by atoms with Gasteiger partial charge in [-0.05, 0) is 45.4 Å². The van der Waals surface area contributed by atoms with Gasteiger partial charge in [-0.2, -0.15) is 13.2 Å². The second-order valence-corrected chi connectivity index (χ2v) is 8.44. The molecule has 2 aliphatic heterocycles. The maximum Gasteiger partial charge on any atom is 0.416 e. The lowest BCUT2D eigenvalue weighted by Gasteiger charge is -2.34. The third-order valence-corrected chi connectivity index (χ3v) is 5.48. The molecule has 1 aromatic carbocycles. The van der Waals surface area contributed by atoms with Crippen LogP contribution in [0.4, 0.5) is 13.2 Å². The van der Waals surface area contributed by atoms with Gasteiger partial charge in [-0.15, -0.1) is 0 Å². The molecule has 2 N–H and O–H groups in total. The zero-order chi connectivity index (χ0) is 21.2. The number of hydrogen-bond acceptors (Lipinski definition) is 4. The van der Waals surface area contributed by atoms with Crippen molar-refractivity contribution >= 4 is 17.8 Å². The minimum atomic E-state index is -4.59. The van der Waals surface area contributed by atoms with Crippen LogP contribution >= 0.6 is 0 Å². The molecule has 2 fully saturated rings. The standard InChI is InChI=1S/C19H21F3N2O4/c1-17(2,3)24-14(25)11-12(15(24)26)18(4,16(27)28)23-13(11)9-6-5-7-10(8-9)19(20,21)22/h5-8,11-13,23H,1-4H3,(H,27,28). The van der Waals surface area contributed by atoms with Gasteiger partial charge in [-0.1, -0.05) is 12.1 Å². The number of nitrogens with one attached hydrogen (secondary N) is 1. The van der Waals surface area contributed by atoms with Crippen LogP contribution in [-0.2, 0) is 20.6 Å². The van der Waals surface area contributed by atoms with Crippen LogP contribution < -0.4 is 5.32 Å². The summed E-state index contributed by atoms with van der Waals surface area (Å²) >= 11 is 0. The fraction of sp³-hybridized carbons (Fsp3) is 0.526. The summed E-state index contributed by atoms with van der Waals surface area (Å²) in [5, 5.41) is 12.5. The molecule has 2 heterocycles. The molecule has 0 saturated carbocycles. The monoisotopic (exact) mass is 398 g/mol. The van der Waals surface area contributed by atoms with Crippen molar-refractivity contribution in [3.05, 3.63) is 35.4 Å². The van der Waals surface area contributed by atoms with E-state index in [2.05, 4.69) is 5.32 Å². The Morgan fingerprint density at radius 2 is 1.79 bits per heavy atom. The van der Waals surface area contributed by atoms with Crippen molar-refractivity contribution in [2.75, 3.05) is 0 Å². The first-order chi connectivity index (χ1) is 12.7. The van der Waals surface area contributed by atoms with Crippen molar-refractivity contribution in [3.63, 3.8) is 0 Å². The summed E-state index contributed by atoms with van der Waals surface area (Å²) in [5.74, 6) is -4.86. The number of aliphatic carboxylic acids is 1. The van der Waals surface area contributed by atoms with Crippen LogP contribution in [0.3, 0.4) is 0 Å². The van der Waals surface area contributed by atoms with Gasteiger partial charge in [0.2, 0.25) is 11.8 Å². The van der Waals surface area contributed by atoms with Crippen LogP contribution in [0.25, 0.3) is 0 Å². The molecule has 0 aliphatic carbocycles. The summed E-state index contributed by atoms with van der Waals surface area (Å²) < 4.78 is 39.3. The third-order valence-electron chi connectivity index (χ3n) is 5.48. The number of carbonyl (C=O) groups is 3. The highest BCUT2D eigenvalue weighted by molar-refractivity contribution is 6.09. The molecule has 1 aromatic rings. The second kappa shape index (κ2) is 6.04. The third kappa shape index (κ3) is 2.88. The molecule has 2 aliphatic rings. The van der Waals surface area contributed by atoms with Crippen LogP contribution in [0.2, 0.25) is 0 Å². The summed E-state index contributed by atoms with van der Waals surface area (Å²) in [7, 11) is 0. The van der Waals surface area contributed by atoms with E-state index in [1.54, 1.807) is 20.8 Å². The molecule has 28 heavy (non-hydrogen) atoms. The lowest BCUT2D eigenvalue weighted by Crippen LogP contribution is -2.55. The summed E-state index contributed by atoms with van der Waals surface area (Å²) in [4.78, 5) is 39.0. The van der Waals surface area contributed by atoms with E-state index in [1.165, 1.54) is 19.1 Å². The van der Waals surface area contributed by atoms with E-state index in [0.717, 1.165) is 17.0 Å². The van der Waals surface area contributed by atoms with Gasteiger partial charge in [-0.3, -0.25) is 24.6 Å². The van der Waals surface area contributed by atoms with Crippen LogP contribution in [0, 0.1) is 11.8 Å². The van der Waals surface area contributed by atoms with Gasteiger partial charge < -0.3 is 5.11 Å². The van der Waals surface area contributed by atoms with Crippen molar-refractivity contribution in [2.24, 2.45) is 11.8 Å². The number of carboxylic acids is 1. The predicted octanol–water partition coefficient (Wildman–Crippen LogP) is 2.59. The van der Waals surface area contributed by atoms with E-state index in [4.69, 9.17) is 0 Å². The molecular formula is C19H21F3N2O4. The number of likely N-dealkylation sites (tertiary alicyclic amines) is 1. The number of rotatable bonds is 2. The van der Waals surface area contributed by atoms with Crippen molar-refractivity contribution in [1.29, 1.82) is 0 Å². The van der Waals surface area contributed by atoms with E-state index in [0.29, 0.717) is 0 Å². The average molecular weight is 398 g/mol. The minimum Gasteiger partial charge on any atom is -0.480 e. The largest absolute Gasteiger partial charge is 0.480 e. The fourth-order valence-electron chi connectivity index (χ4n) is 4.19. The van der Waals surface area contributed by atoms with Gasteiger partial charge in [0.15, 0.2) is 0 Å². The van der Waals surface area contributed by atoms with E-state index < -0.39 is 58.5 Å². The van der Waals surface area contributed by atoms with Gasteiger partial charge in [0.1, 0.15) is 5.54 Å². The maximum atomic E-state index is 13.1. The zero-order valence-electron chi connectivity index (χ0n) is 15.8. The second-order valence-electron chi connectivity index (χ2n) is 8.44. The van der Waals surface area contributed by atoms with Gasteiger partial charge in [0.05, 0.1) is 17.4 Å². The SMILES string of the molecule is CC1(C(=O)O)NC(c2cccc(C(F)(F)F)c2)C2C(=O)N(C(C)(C)C)C(=O)C21. The molecule has 0 spiro atoms. The van der Waals surface area contributed by atoms with Crippen LogP contribution in [-0.4, -0.2) is 38.9 Å². The molecule has 152 valence electrons. The minimum absolute atomic E-state index is 0.117. The Morgan fingerprint density at radius 1 is 1.18 bits per heavy atom. The van der Waals surface area contributed by atoms with Crippen molar-refractivity contribution in [3.8, 4) is 0 Å². The average Bonchev–Trinajstić information content (AvgIpc) is 3.01. The first-order valence-electron chi connectivity index (χ1n) is 8.76. The topological polar surface area (TPSA) is 86.7 Å². The smallest absolute Gasteiger partial charge is 0.416 e. The maximum absolute atomic E-state index is 13.1. The van der Waals surface area contributed by atoms with Gasteiger partial charge in [-0.25, -0.2) is 0 Å². The number of hydrogen-bond donors (Lipinski definition) is 2. The van der Waals surface area contributed by atoms with E-state index in [-0.39, 0.29) is 5.56 Å². The van der Waals surface area contributed by atoms with E-state index in [1.807, 2.05) is 0 Å². The molecule has 2 saturated heterocycles. The molecule has 6 nitrogen and oxygen atoms in total. The molecule has 4 unspecified atom stereocenters. The molecule has 0 radical (unpaired) electrons. The summed E-state index contributed by atoms with van der Waals surface area (Å²) in [5.41, 5.74) is -3.45. The summed E-state index contributed by atoms with van der Waals surface area (Å²) in [6.45, 7) is 6.23. The highest BCUT2D eigenvalue weighted by Gasteiger charge is 2.67. The molecule has 0 bridgehead atoms. The number of fused-ring (bicyclic) bond motifs is 1. The molecule has 9 heteroatoms. The number of carbonyl (C=O) groups excluding carboxylic acids is 2.